The second kappa shape index (κ2) is 11.1. The molecule has 1 amide bonds. The molecule has 0 spiro atoms. The summed E-state index contributed by atoms with van der Waals surface area (Å²) in [4.78, 5) is 26.5. The van der Waals surface area contributed by atoms with Crippen molar-refractivity contribution in [2.24, 2.45) is 4.99 Å². The minimum atomic E-state index is -0.0391. The van der Waals surface area contributed by atoms with E-state index < -0.39 is 0 Å². The number of H-pyrrole nitrogens is 1. The summed E-state index contributed by atoms with van der Waals surface area (Å²) in [5.41, 5.74) is 3.85. The fourth-order valence-corrected chi connectivity index (χ4v) is 3.26. The van der Waals surface area contributed by atoms with Crippen LogP contribution in [0.2, 0.25) is 0 Å². The minimum absolute atomic E-state index is 0.0391. The van der Waals surface area contributed by atoms with Crippen LogP contribution in [-0.4, -0.2) is 46.9 Å². The van der Waals surface area contributed by atoms with Gasteiger partial charge in [-0.1, -0.05) is 49.4 Å². The van der Waals surface area contributed by atoms with Crippen molar-refractivity contribution < 1.29 is 4.79 Å². The normalized spacial score (nSPS) is 12.3. The van der Waals surface area contributed by atoms with Gasteiger partial charge >= 0.3 is 0 Å². The third-order valence-electron chi connectivity index (χ3n) is 5.33. The number of carbonyl (C=O) groups is 1. The molecule has 32 heavy (non-hydrogen) atoms. The van der Waals surface area contributed by atoms with Gasteiger partial charge in [-0.25, -0.2) is 4.98 Å². The number of nitrogens with zero attached hydrogens (tertiary/aromatic N) is 3. The van der Waals surface area contributed by atoms with Crippen LogP contribution in [0, 0.1) is 0 Å². The van der Waals surface area contributed by atoms with Gasteiger partial charge in [0.2, 0.25) is 0 Å². The van der Waals surface area contributed by atoms with Gasteiger partial charge in [-0.3, -0.25) is 9.79 Å². The molecule has 3 rings (SSSR count). The molecular weight excluding hydrogens is 400 g/mol. The fraction of sp³-hybridized carbons (Fsp3) is 0.320. The van der Waals surface area contributed by atoms with E-state index in [0.717, 1.165) is 35.0 Å². The Labute approximate surface area is 190 Å². The summed E-state index contributed by atoms with van der Waals surface area (Å²) in [5.74, 6) is 1.59. The van der Waals surface area contributed by atoms with Gasteiger partial charge in [0.1, 0.15) is 5.82 Å². The van der Waals surface area contributed by atoms with Crippen LogP contribution < -0.4 is 10.6 Å². The van der Waals surface area contributed by atoms with E-state index in [4.69, 9.17) is 0 Å². The number of benzene rings is 2. The van der Waals surface area contributed by atoms with Crippen molar-refractivity contribution in [1.29, 1.82) is 0 Å². The van der Waals surface area contributed by atoms with Gasteiger partial charge in [-0.05, 0) is 36.6 Å². The molecule has 0 radical (unpaired) electrons. The molecule has 0 aliphatic heterocycles. The predicted molar refractivity (Wildman–Crippen MR) is 129 cm³/mol. The maximum atomic E-state index is 12.2. The van der Waals surface area contributed by atoms with Crippen molar-refractivity contribution in [1.82, 2.24) is 25.5 Å². The average molecular weight is 433 g/mol. The molecule has 7 heteroatoms. The van der Waals surface area contributed by atoms with Crippen LogP contribution in [0.25, 0.3) is 11.3 Å². The van der Waals surface area contributed by atoms with Gasteiger partial charge in [0, 0.05) is 32.2 Å². The smallest absolute Gasteiger partial charge is 0.251 e. The molecule has 7 nitrogen and oxygen atoms in total. The molecule has 1 heterocycles. The van der Waals surface area contributed by atoms with E-state index in [-0.39, 0.29) is 11.9 Å². The summed E-state index contributed by atoms with van der Waals surface area (Å²) in [7, 11) is 3.74. The van der Waals surface area contributed by atoms with Crippen LogP contribution in [0.4, 0.5) is 0 Å². The molecule has 0 bridgehead atoms. The lowest BCUT2D eigenvalue weighted by Crippen LogP contribution is -2.38. The third-order valence-corrected chi connectivity index (χ3v) is 5.33. The Morgan fingerprint density at radius 1 is 1.16 bits per heavy atom. The van der Waals surface area contributed by atoms with Crippen LogP contribution in [0.1, 0.15) is 42.0 Å². The first-order valence-electron chi connectivity index (χ1n) is 10.9. The largest absolute Gasteiger partial charge is 0.352 e. The van der Waals surface area contributed by atoms with Crippen LogP contribution in [0.5, 0.6) is 0 Å². The number of amides is 1. The van der Waals surface area contributed by atoms with E-state index in [9.17, 15) is 4.79 Å². The molecule has 2 aromatic carbocycles. The summed E-state index contributed by atoms with van der Waals surface area (Å²) in [6.07, 6.45) is 2.76. The van der Waals surface area contributed by atoms with E-state index in [1.165, 1.54) is 0 Å². The Morgan fingerprint density at radius 3 is 2.53 bits per heavy atom. The quantitative estimate of drug-likeness (QED) is 0.373. The highest BCUT2D eigenvalue weighted by atomic mass is 16.1. The highest BCUT2D eigenvalue weighted by Crippen LogP contribution is 2.16. The van der Waals surface area contributed by atoms with Gasteiger partial charge in [0.15, 0.2) is 5.96 Å². The first-order valence-corrected chi connectivity index (χ1v) is 10.9. The Hall–Kier alpha value is -3.61. The number of hydrogen-bond donors (Lipinski definition) is 3. The first-order chi connectivity index (χ1) is 15.5. The van der Waals surface area contributed by atoms with Gasteiger partial charge in [-0.15, -0.1) is 0 Å². The molecule has 0 saturated carbocycles. The molecule has 1 atom stereocenters. The van der Waals surface area contributed by atoms with Crippen molar-refractivity contribution in [3.63, 3.8) is 0 Å². The van der Waals surface area contributed by atoms with Crippen molar-refractivity contribution >= 4 is 11.9 Å². The Bertz CT molecular complexity index is 1030. The highest BCUT2D eigenvalue weighted by molar-refractivity contribution is 5.94. The molecule has 168 valence electrons. The molecule has 0 fully saturated rings. The van der Waals surface area contributed by atoms with Crippen molar-refractivity contribution in [2.75, 3.05) is 14.1 Å². The maximum absolute atomic E-state index is 12.2. The van der Waals surface area contributed by atoms with E-state index in [1.54, 1.807) is 7.05 Å². The van der Waals surface area contributed by atoms with E-state index in [0.29, 0.717) is 18.7 Å². The van der Waals surface area contributed by atoms with Crippen molar-refractivity contribution in [3.05, 3.63) is 77.7 Å². The number of guanidine groups is 1. The number of aromatic amines is 1. The number of nitrogens with one attached hydrogen (secondary N) is 3. The maximum Gasteiger partial charge on any atom is 0.251 e. The summed E-state index contributed by atoms with van der Waals surface area (Å²) in [5, 5.41) is 6.35. The van der Waals surface area contributed by atoms with Crippen LogP contribution >= 0.6 is 0 Å². The summed E-state index contributed by atoms with van der Waals surface area (Å²) < 4.78 is 0. The molecule has 0 saturated heterocycles. The number of imidazole rings is 1. The molecule has 3 aromatic rings. The Balaban J connectivity index is 1.54. The summed E-state index contributed by atoms with van der Waals surface area (Å²) in [6.45, 7) is 5.26. The van der Waals surface area contributed by atoms with Gasteiger partial charge in [-0.2, -0.15) is 0 Å². The number of aromatic nitrogens is 2. The standard InChI is InChI=1S/C25H32N6O/c1-5-18(2)29-24(32)21-13-11-19(12-14-21)15-28-25(26-3)31(4)17-23-27-16-22(30-23)20-9-7-6-8-10-20/h6-14,16,18H,5,15,17H2,1-4H3,(H,26,28)(H,27,30)(H,29,32). The van der Waals surface area contributed by atoms with Gasteiger partial charge in [0.25, 0.3) is 5.91 Å². The monoisotopic (exact) mass is 432 g/mol. The Kier molecular flexibility index (Phi) is 8.02. The summed E-state index contributed by atoms with van der Waals surface area (Å²) >= 11 is 0. The number of aliphatic imine (C=N–C) groups is 1. The Morgan fingerprint density at radius 2 is 1.88 bits per heavy atom. The molecule has 1 unspecified atom stereocenters. The lowest BCUT2D eigenvalue weighted by atomic mass is 10.1. The molecular formula is C25H32N6O. The second-order valence-corrected chi connectivity index (χ2v) is 7.85. The zero-order chi connectivity index (χ0) is 22.9. The molecule has 3 N–H and O–H groups in total. The minimum Gasteiger partial charge on any atom is -0.352 e. The lowest BCUT2D eigenvalue weighted by molar-refractivity contribution is 0.0939. The third kappa shape index (κ3) is 6.20. The predicted octanol–water partition coefficient (Wildman–Crippen LogP) is 3.81. The van der Waals surface area contributed by atoms with Crippen molar-refractivity contribution in [2.45, 2.75) is 39.4 Å². The van der Waals surface area contributed by atoms with Crippen molar-refractivity contribution in [3.8, 4) is 11.3 Å². The van der Waals surface area contributed by atoms with Gasteiger partial charge in [0.05, 0.1) is 18.4 Å². The highest BCUT2D eigenvalue weighted by Gasteiger charge is 2.11. The number of carbonyl (C=O) groups excluding carboxylic acids is 1. The fourth-order valence-electron chi connectivity index (χ4n) is 3.26. The molecule has 1 aromatic heterocycles. The van der Waals surface area contributed by atoms with E-state index >= 15 is 0 Å². The zero-order valence-corrected chi connectivity index (χ0v) is 19.2. The SMILES string of the molecule is CCC(C)NC(=O)c1ccc(CNC(=NC)N(C)Cc2ncc(-c3ccccc3)[nH]2)cc1. The first kappa shape index (κ1) is 23.1. The van der Waals surface area contributed by atoms with E-state index in [2.05, 4.69) is 44.7 Å². The van der Waals surface area contributed by atoms with E-state index in [1.807, 2.05) is 67.5 Å². The molecule has 0 aliphatic carbocycles. The van der Waals surface area contributed by atoms with Crippen LogP contribution in [0.3, 0.4) is 0 Å². The number of hydrogen-bond acceptors (Lipinski definition) is 3. The van der Waals surface area contributed by atoms with Gasteiger partial charge < -0.3 is 20.5 Å². The lowest BCUT2D eigenvalue weighted by Gasteiger charge is -2.21. The van der Waals surface area contributed by atoms with Crippen LogP contribution in [0.15, 0.2) is 65.8 Å². The molecule has 0 aliphatic rings. The average Bonchev–Trinajstić information content (AvgIpc) is 3.28. The number of rotatable bonds is 8. The second-order valence-electron chi connectivity index (χ2n) is 7.85. The summed E-state index contributed by atoms with van der Waals surface area (Å²) in [6, 6.07) is 17.9. The zero-order valence-electron chi connectivity index (χ0n) is 19.2. The topological polar surface area (TPSA) is 85.4 Å². The van der Waals surface area contributed by atoms with Crippen LogP contribution in [-0.2, 0) is 13.1 Å².